The van der Waals surface area contributed by atoms with Crippen LogP contribution in [0.2, 0.25) is 0 Å². The number of non-ortho nitro benzene ring substituents is 1. The third-order valence-corrected chi connectivity index (χ3v) is 3.69. The van der Waals surface area contributed by atoms with Gasteiger partial charge < -0.3 is 9.32 Å². The van der Waals surface area contributed by atoms with Gasteiger partial charge in [0.15, 0.2) is 5.76 Å². The number of aryl methyl sites for hydroxylation is 1. The smallest absolute Gasteiger partial charge is 0.289 e. The second-order valence-corrected chi connectivity index (χ2v) is 5.06. The van der Waals surface area contributed by atoms with E-state index < -0.39 is 4.92 Å². The van der Waals surface area contributed by atoms with E-state index in [0.29, 0.717) is 5.56 Å². The zero-order chi connectivity index (χ0) is 16.3. The van der Waals surface area contributed by atoms with Gasteiger partial charge in [0.25, 0.3) is 11.6 Å². The third-order valence-electron chi connectivity index (χ3n) is 3.69. The number of nitro groups is 1. The van der Waals surface area contributed by atoms with Crippen molar-refractivity contribution in [3.05, 3.63) is 63.6 Å². The number of benzene rings is 1. The van der Waals surface area contributed by atoms with Gasteiger partial charge in [0.1, 0.15) is 5.76 Å². The molecule has 1 heterocycles. The van der Waals surface area contributed by atoms with Crippen molar-refractivity contribution in [3.8, 4) is 0 Å². The number of hydrogen-bond acceptors (Lipinski definition) is 4. The van der Waals surface area contributed by atoms with Crippen LogP contribution in [0.4, 0.5) is 5.69 Å². The van der Waals surface area contributed by atoms with Crippen molar-refractivity contribution >= 4 is 11.6 Å². The Morgan fingerprint density at radius 3 is 2.68 bits per heavy atom. The Balaban J connectivity index is 2.20. The SMILES string of the molecule is CCc1ccc(C(=O)N(C)[C@@H](C)c2cccc([N+](=O)[O-])c2)o1. The van der Waals surface area contributed by atoms with Gasteiger partial charge in [-0.3, -0.25) is 14.9 Å². The maximum absolute atomic E-state index is 12.4. The Kier molecular flexibility index (Phi) is 4.60. The summed E-state index contributed by atoms with van der Waals surface area (Å²) in [7, 11) is 1.65. The van der Waals surface area contributed by atoms with Crippen LogP contribution >= 0.6 is 0 Å². The number of carbonyl (C=O) groups is 1. The van der Waals surface area contributed by atoms with Crippen LogP contribution in [-0.2, 0) is 6.42 Å². The highest BCUT2D eigenvalue weighted by Gasteiger charge is 2.22. The Hall–Kier alpha value is -2.63. The zero-order valence-electron chi connectivity index (χ0n) is 12.8. The predicted octanol–water partition coefficient (Wildman–Crippen LogP) is 3.58. The second kappa shape index (κ2) is 6.43. The minimum absolute atomic E-state index is 0.0106. The molecule has 2 rings (SSSR count). The van der Waals surface area contributed by atoms with Crippen LogP contribution in [0.5, 0.6) is 0 Å². The molecule has 0 unspecified atom stereocenters. The monoisotopic (exact) mass is 302 g/mol. The number of furan rings is 1. The highest BCUT2D eigenvalue weighted by atomic mass is 16.6. The molecule has 116 valence electrons. The lowest BCUT2D eigenvalue weighted by molar-refractivity contribution is -0.384. The summed E-state index contributed by atoms with van der Waals surface area (Å²) in [6.45, 7) is 3.77. The van der Waals surface area contributed by atoms with E-state index in [9.17, 15) is 14.9 Å². The summed E-state index contributed by atoms with van der Waals surface area (Å²) in [5.41, 5.74) is 0.712. The molecular formula is C16H18N2O4. The predicted molar refractivity (Wildman–Crippen MR) is 81.7 cm³/mol. The van der Waals surface area contributed by atoms with Crippen molar-refractivity contribution < 1.29 is 14.1 Å². The topological polar surface area (TPSA) is 76.6 Å². The summed E-state index contributed by atoms with van der Waals surface area (Å²) in [5, 5.41) is 10.8. The Morgan fingerprint density at radius 1 is 1.36 bits per heavy atom. The summed E-state index contributed by atoms with van der Waals surface area (Å²) < 4.78 is 5.46. The molecule has 0 spiro atoms. The number of hydrogen-bond donors (Lipinski definition) is 0. The molecule has 0 aliphatic heterocycles. The van der Waals surface area contributed by atoms with Gasteiger partial charge in [0.05, 0.1) is 11.0 Å². The summed E-state index contributed by atoms with van der Waals surface area (Å²) in [4.78, 5) is 24.3. The Bertz CT molecular complexity index is 693. The molecule has 0 aliphatic rings. The van der Waals surface area contributed by atoms with E-state index in [1.54, 1.807) is 31.3 Å². The van der Waals surface area contributed by atoms with Gasteiger partial charge in [-0.15, -0.1) is 0 Å². The van der Waals surface area contributed by atoms with E-state index in [0.717, 1.165) is 12.2 Å². The molecule has 0 radical (unpaired) electrons. The molecule has 1 aromatic heterocycles. The van der Waals surface area contributed by atoms with Crippen LogP contribution < -0.4 is 0 Å². The van der Waals surface area contributed by atoms with E-state index in [1.165, 1.54) is 17.0 Å². The van der Waals surface area contributed by atoms with Crippen LogP contribution in [0.1, 0.15) is 41.8 Å². The van der Waals surface area contributed by atoms with E-state index in [4.69, 9.17) is 4.42 Å². The summed E-state index contributed by atoms with van der Waals surface area (Å²) in [6, 6.07) is 9.41. The molecule has 1 amide bonds. The van der Waals surface area contributed by atoms with Crippen molar-refractivity contribution in [1.29, 1.82) is 0 Å². The number of rotatable bonds is 5. The molecule has 22 heavy (non-hydrogen) atoms. The highest BCUT2D eigenvalue weighted by Crippen LogP contribution is 2.24. The molecule has 1 aromatic carbocycles. The van der Waals surface area contributed by atoms with Gasteiger partial charge in [-0.2, -0.15) is 0 Å². The van der Waals surface area contributed by atoms with E-state index in [-0.39, 0.29) is 23.4 Å². The van der Waals surface area contributed by atoms with Crippen LogP contribution in [0.15, 0.2) is 40.8 Å². The second-order valence-electron chi connectivity index (χ2n) is 5.06. The van der Waals surface area contributed by atoms with Gasteiger partial charge in [0, 0.05) is 25.6 Å². The first-order valence-electron chi connectivity index (χ1n) is 7.04. The highest BCUT2D eigenvalue weighted by molar-refractivity contribution is 5.91. The lowest BCUT2D eigenvalue weighted by Gasteiger charge is -2.24. The fourth-order valence-corrected chi connectivity index (χ4v) is 2.15. The molecule has 0 fully saturated rings. The van der Waals surface area contributed by atoms with Gasteiger partial charge >= 0.3 is 0 Å². The third kappa shape index (κ3) is 3.16. The summed E-state index contributed by atoms with van der Waals surface area (Å²) in [6.07, 6.45) is 0.720. The van der Waals surface area contributed by atoms with Crippen LogP contribution in [0, 0.1) is 10.1 Å². The molecule has 1 atom stereocenters. The van der Waals surface area contributed by atoms with Crippen LogP contribution in [0.3, 0.4) is 0 Å². The van der Waals surface area contributed by atoms with E-state index >= 15 is 0 Å². The molecule has 0 saturated heterocycles. The molecule has 6 heteroatoms. The molecule has 6 nitrogen and oxygen atoms in total. The first kappa shape index (κ1) is 15.8. The maximum atomic E-state index is 12.4. The quantitative estimate of drug-likeness (QED) is 0.624. The van der Waals surface area contributed by atoms with Crippen molar-refractivity contribution in [2.24, 2.45) is 0 Å². The lowest BCUT2D eigenvalue weighted by Crippen LogP contribution is -2.29. The number of nitrogens with zero attached hydrogens (tertiary/aromatic N) is 2. The normalized spacial score (nSPS) is 12.0. The molecule has 0 bridgehead atoms. The number of nitro benzene ring substituents is 1. The van der Waals surface area contributed by atoms with Crippen molar-refractivity contribution in [1.82, 2.24) is 4.90 Å². The molecular weight excluding hydrogens is 284 g/mol. The molecule has 0 aliphatic carbocycles. The van der Waals surface area contributed by atoms with Gasteiger partial charge in [0.2, 0.25) is 0 Å². The van der Waals surface area contributed by atoms with Crippen molar-refractivity contribution in [2.75, 3.05) is 7.05 Å². The summed E-state index contributed by atoms with van der Waals surface area (Å²) in [5.74, 6) is 0.773. The average molecular weight is 302 g/mol. The molecule has 2 aromatic rings. The fraction of sp³-hybridized carbons (Fsp3) is 0.312. The van der Waals surface area contributed by atoms with E-state index in [2.05, 4.69) is 0 Å². The molecule has 0 saturated carbocycles. The van der Waals surface area contributed by atoms with Crippen molar-refractivity contribution in [2.45, 2.75) is 26.3 Å². The minimum atomic E-state index is -0.446. The number of amides is 1. The van der Waals surface area contributed by atoms with Crippen molar-refractivity contribution in [3.63, 3.8) is 0 Å². The minimum Gasteiger partial charge on any atom is -0.456 e. The average Bonchev–Trinajstić information content (AvgIpc) is 3.01. The van der Waals surface area contributed by atoms with Gasteiger partial charge in [-0.1, -0.05) is 19.1 Å². The Labute approximate surface area is 128 Å². The first-order chi connectivity index (χ1) is 10.4. The lowest BCUT2D eigenvalue weighted by atomic mass is 10.1. The first-order valence-corrected chi connectivity index (χ1v) is 7.04. The largest absolute Gasteiger partial charge is 0.456 e. The van der Waals surface area contributed by atoms with E-state index in [1.807, 2.05) is 13.8 Å². The molecule has 0 N–H and O–H groups in total. The van der Waals surface area contributed by atoms with Gasteiger partial charge in [-0.05, 0) is 24.6 Å². The maximum Gasteiger partial charge on any atom is 0.289 e. The van der Waals surface area contributed by atoms with Gasteiger partial charge in [-0.25, -0.2) is 0 Å². The number of carbonyl (C=O) groups excluding carboxylic acids is 1. The standard InChI is InChI=1S/C16H18N2O4/c1-4-14-8-9-15(22-14)16(19)17(3)11(2)12-6-5-7-13(10-12)18(20)21/h5-11H,4H2,1-3H3/t11-/m0/s1. The van der Waals surface area contributed by atoms with Crippen LogP contribution in [0.25, 0.3) is 0 Å². The Morgan fingerprint density at radius 2 is 2.09 bits per heavy atom. The van der Waals surface area contributed by atoms with Crippen LogP contribution in [-0.4, -0.2) is 22.8 Å². The summed E-state index contributed by atoms with van der Waals surface area (Å²) >= 11 is 0. The fourth-order valence-electron chi connectivity index (χ4n) is 2.15. The zero-order valence-corrected chi connectivity index (χ0v) is 12.8.